The maximum Gasteiger partial charge on any atom is 0.161 e. The van der Waals surface area contributed by atoms with Gasteiger partial charge in [0.25, 0.3) is 0 Å². The second-order valence-corrected chi connectivity index (χ2v) is 6.06. The van der Waals surface area contributed by atoms with E-state index in [4.69, 9.17) is 5.73 Å². The number of halogens is 3. The molecule has 2 nitrogen and oxygen atoms in total. The molecule has 2 atom stereocenters. The van der Waals surface area contributed by atoms with Crippen LogP contribution in [-0.4, -0.2) is 24.0 Å². The third kappa shape index (κ3) is 3.40. The Morgan fingerprint density at radius 3 is 2.43 bits per heavy atom. The molecule has 0 bridgehead atoms. The van der Waals surface area contributed by atoms with E-state index in [0.717, 1.165) is 31.9 Å². The molecule has 1 heterocycles. The topological polar surface area (TPSA) is 29.3 Å². The number of nitrogens with two attached hydrogens (primary N) is 1. The van der Waals surface area contributed by atoms with Crippen molar-refractivity contribution >= 4 is 0 Å². The van der Waals surface area contributed by atoms with E-state index in [1.807, 2.05) is 13.8 Å². The molecule has 0 aliphatic carbocycles. The molecule has 0 saturated carbocycles. The zero-order chi connectivity index (χ0) is 15.6. The van der Waals surface area contributed by atoms with E-state index in [0.29, 0.717) is 12.6 Å². The molecule has 0 aromatic heterocycles. The van der Waals surface area contributed by atoms with Crippen LogP contribution < -0.4 is 5.73 Å². The smallest absolute Gasteiger partial charge is 0.161 e. The lowest BCUT2D eigenvalue weighted by Crippen LogP contribution is -2.40. The SMILES string of the molecule is CC(C)N1CCCCC(CN)C1c1cc(F)c(F)cc1F. The summed E-state index contributed by atoms with van der Waals surface area (Å²) in [7, 11) is 0. The van der Waals surface area contributed by atoms with Gasteiger partial charge < -0.3 is 5.73 Å². The van der Waals surface area contributed by atoms with Crippen LogP contribution in [0.25, 0.3) is 0 Å². The number of nitrogens with zero attached hydrogens (tertiary/aromatic N) is 1. The second-order valence-electron chi connectivity index (χ2n) is 6.06. The van der Waals surface area contributed by atoms with Gasteiger partial charge in [-0.3, -0.25) is 4.90 Å². The third-order valence-corrected chi connectivity index (χ3v) is 4.37. The van der Waals surface area contributed by atoms with Crippen molar-refractivity contribution in [2.75, 3.05) is 13.1 Å². The van der Waals surface area contributed by atoms with E-state index in [-0.39, 0.29) is 23.6 Å². The number of hydrogen-bond donors (Lipinski definition) is 1. The predicted molar refractivity (Wildman–Crippen MR) is 77.3 cm³/mol. The molecule has 2 rings (SSSR count). The average molecular weight is 300 g/mol. The van der Waals surface area contributed by atoms with E-state index in [1.165, 1.54) is 0 Å². The van der Waals surface area contributed by atoms with Gasteiger partial charge in [0.15, 0.2) is 11.6 Å². The van der Waals surface area contributed by atoms with Gasteiger partial charge in [-0.05, 0) is 51.8 Å². The van der Waals surface area contributed by atoms with Crippen molar-refractivity contribution in [1.82, 2.24) is 4.90 Å². The van der Waals surface area contributed by atoms with Crippen LogP contribution in [0.5, 0.6) is 0 Å². The summed E-state index contributed by atoms with van der Waals surface area (Å²) in [4.78, 5) is 2.15. The fraction of sp³-hybridized carbons (Fsp3) is 0.625. The van der Waals surface area contributed by atoms with Crippen molar-refractivity contribution in [1.29, 1.82) is 0 Å². The first kappa shape index (κ1) is 16.3. The largest absolute Gasteiger partial charge is 0.330 e. The molecule has 2 unspecified atom stereocenters. The second kappa shape index (κ2) is 6.79. The highest BCUT2D eigenvalue weighted by Crippen LogP contribution is 2.37. The van der Waals surface area contributed by atoms with Gasteiger partial charge in [-0.25, -0.2) is 13.2 Å². The van der Waals surface area contributed by atoms with Gasteiger partial charge in [0, 0.05) is 23.7 Å². The Bertz CT molecular complexity index is 491. The monoisotopic (exact) mass is 300 g/mol. The standard InChI is InChI=1S/C16H23F3N2/c1-10(2)21-6-4-3-5-11(9-20)16(21)12-7-14(18)15(19)8-13(12)17/h7-8,10-11,16H,3-6,9,20H2,1-2H3. The van der Waals surface area contributed by atoms with Gasteiger partial charge >= 0.3 is 0 Å². The molecule has 1 aliphatic heterocycles. The van der Waals surface area contributed by atoms with E-state index in [9.17, 15) is 13.2 Å². The zero-order valence-electron chi connectivity index (χ0n) is 12.6. The van der Waals surface area contributed by atoms with Crippen LogP contribution >= 0.6 is 0 Å². The average Bonchev–Trinajstić information content (AvgIpc) is 2.64. The van der Waals surface area contributed by atoms with E-state index < -0.39 is 17.5 Å². The van der Waals surface area contributed by atoms with Gasteiger partial charge in [-0.1, -0.05) is 6.42 Å². The van der Waals surface area contributed by atoms with Crippen molar-refractivity contribution in [2.45, 2.75) is 45.2 Å². The van der Waals surface area contributed by atoms with Crippen LogP contribution in [0.1, 0.15) is 44.7 Å². The minimum Gasteiger partial charge on any atom is -0.330 e. The summed E-state index contributed by atoms with van der Waals surface area (Å²) < 4.78 is 41.0. The molecule has 1 aromatic rings. The van der Waals surface area contributed by atoms with Crippen LogP contribution in [0.2, 0.25) is 0 Å². The van der Waals surface area contributed by atoms with Gasteiger partial charge in [-0.15, -0.1) is 0 Å². The highest BCUT2D eigenvalue weighted by molar-refractivity contribution is 5.25. The maximum atomic E-state index is 14.2. The van der Waals surface area contributed by atoms with Gasteiger partial charge in [0.05, 0.1) is 0 Å². The Kier molecular flexibility index (Phi) is 5.27. The fourth-order valence-corrected chi connectivity index (χ4v) is 3.29. The molecule has 1 aromatic carbocycles. The number of rotatable bonds is 3. The summed E-state index contributed by atoms with van der Waals surface area (Å²) in [6, 6.07) is 1.53. The lowest BCUT2D eigenvalue weighted by Gasteiger charge is -2.38. The lowest BCUT2D eigenvalue weighted by molar-refractivity contribution is 0.118. The van der Waals surface area contributed by atoms with Crippen molar-refractivity contribution in [3.63, 3.8) is 0 Å². The Hall–Kier alpha value is -1.07. The lowest BCUT2D eigenvalue weighted by atomic mass is 9.88. The van der Waals surface area contributed by atoms with Crippen LogP contribution in [0, 0.1) is 23.4 Å². The summed E-state index contributed by atoms with van der Waals surface area (Å²) in [6.07, 6.45) is 2.91. The molecule has 1 fully saturated rings. The highest BCUT2D eigenvalue weighted by Gasteiger charge is 2.34. The third-order valence-electron chi connectivity index (χ3n) is 4.37. The Balaban J connectivity index is 2.49. The van der Waals surface area contributed by atoms with Crippen molar-refractivity contribution in [3.05, 3.63) is 35.1 Å². The van der Waals surface area contributed by atoms with E-state index in [2.05, 4.69) is 4.90 Å². The highest BCUT2D eigenvalue weighted by atomic mass is 19.2. The van der Waals surface area contributed by atoms with Gasteiger partial charge in [0.1, 0.15) is 5.82 Å². The van der Waals surface area contributed by atoms with Crippen LogP contribution in [0.3, 0.4) is 0 Å². The minimum absolute atomic E-state index is 0.0502. The van der Waals surface area contributed by atoms with E-state index in [1.54, 1.807) is 0 Å². The van der Waals surface area contributed by atoms with Crippen LogP contribution in [-0.2, 0) is 0 Å². The molecule has 0 spiro atoms. The first-order valence-electron chi connectivity index (χ1n) is 7.56. The zero-order valence-corrected chi connectivity index (χ0v) is 12.6. The van der Waals surface area contributed by atoms with Crippen LogP contribution in [0.15, 0.2) is 12.1 Å². The quantitative estimate of drug-likeness (QED) is 0.864. The van der Waals surface area contributed by atoms with Crippen LogP contribution in [0.4, 0.5) is 13.2 Å². The molecule has 1 aliphatic rings. The summed E-state index contributed by atoms with van der Waals surface area (Å²) in [5, 5.41) is 0. The maximum absolute atomic E-state index is 14.2. The molecule has 21 heavy (non-hydrogen) atoms. The Labute approximate surface area is 124 Å². The Morgan fingerprint density at radius 2 is 1.81 bits per heavy atom. The molecule has 5 heteroatoms. The molecule has 2 N–H and O–H groups in total. The molecule has 0 radical (unpaired) electrons. The minimum atomic E-state index is -1.15. The molecular formula is C16H23F3N2. The molecule has 0 amide bonds. The summed E-state index contributed by atoms with van der Waals surface area (Å²) in [5.41, 5.74) is 6.09. The summed E-state index contributed by atoms with van der Waals surface area (Å²) >= 11 is 0. The predicted octanol–water partition coefficient (Wildman–Crippen LogP) is 3.61. The van der Waals surface area contributed by atoms with Gasteiger partial charge in [0.2, 0.25) is 0 Å². The Morgan fingerprint density at radius 1 is 1.14 bits per heavy atom. The summed E-state index contributed by atoms with van der Waals surface area (Å²) in [5.74, 6) is -2.79. The fourth-order valence-electron chi connectivity index (χ4n) is 3.29. The number of benzene rings is 1. The van der Waals surface area contributed by atoms with Crippen molar-refractivity contribution in [2.24, 2.45) is 11.7 Å². The number of hydrogen-bond acceptors (Lipinski definition) is 2. The van der Waals surface area contributed by atoms with Crippen molar-refractivity contribution < 1.29 is 13.2 Å². The first-order valence-corrected chi connectivity index (χ1v) is 7.56. The molecular weight excluding hydrogens is 277 g/mol. The van der Waals surface area contributed by atoms with E-state index >= 15 is 0 Å². The van der Waals surface area contributed by atoms with Gasteiger partial charge in [-0.2, -0.15) is 0 Å². The molecule has 118 valence electrons. The normalized spacial score (nSPS) is 24.3. The molecule has 1 saturated heterocycles. The summed E-state index contributed by atoms with van der Waals surface area (Å²) in [6.45, 7) is 5.29. The number of likely N-dealkylation sites (tertiary alicyclic amines) is 1. The first-order chi connectivity index (χ1) is 9.95. The van der Waals surface area contributed by atoms with Crippen molar-refractivity contribution in [3.8, 4) is 0 Å².